The van der Waals surface area contributed by atoms with E-state index < -0.39 is 11.8 Å². The van der Waals surface area contributed by atoms with Gasteiger partial charge in [-0.25, -0.2) is 14.2 Å². The fourth-order valence-corrected chi connectivity index (χ4v) is 1.65. The fraction of sp³-hybridized carbons (Fsp3) is 0.333. The summed E-state index contributed by atoms with van der Waals surface area (Å²) >= 11 is 6.84. The molecule has 0 saturated heterocycles. The lowest BCUT2D eigenvalue weighted by molar-refractivity contribution is 0.0525. The molecule has 0 aliphatic rings. The van der Waals surface area contributed by atoms with Crippen LogP contribution in [0.4, 0.5) is 4.39 Å². The standard InChI is InChI=1S/C9H9ClFNO2S/c1-3-14-9(13)5-4-6(11)8(15-2)12-7(5)10/h4H,3H2,1-2H3. The molecule has 0 bridgehead atoms. The van der Waals surface area contributed by atoms with Crippen LogP contribution < -0.4 is 0 Å². The predicted molar refractivity (Wildman–Crippen MR) is 56.9 cm³/mol. The molecule has 0 unspecified atom stereocenters. The summed E-state index contributed by atoms with van der Waals surface area (Å²) in [6.07, 6.45) is 1.67. The van der Waals surface area contributed by atoms with Crippen molar-refractivity contribution in [1.29, 1.82) is 0 Å². The average Bonchev–Trinajstić information content (AvgIpc) is 2.21. The lowest BCUT2D eigenvalue weighted by Gasteiger charge is -2.05. The molecule has 82 valence electrons. The van der Waals surface area contributed by atoms with Crippen molar-refractivity contribution >= 4 is 29.3 Å². The first-order valence-electron chi connectivity index (χ1n) is 4.17. The van der Waals surface area contributed by atoms with Gasteiger partial charge < -0.3 is 4.74 Å². The van der Waals surface area contributed by atoms with E-state index in [0.717, 1.165) is 17.8 Å². The van der Waals surface area contributed by atoms with Crippen LogP contribution in [-0.2, 0) is 4.74 Å². The number of nitrogens with zero attached hydrogens (tertiary/aromatic N) is 1. The Morgan fingerprint density at radius 1 is 1.73 bits per heavy atom. The molecule has 0 spiro atoms. The molecule has 0 radical (unpaired) electrons. The topological polar surface area (TPSA) is 39.2 Å². The van der Waals surface area contributed by atoms with Gasteiger partial charge in [-0.05, 0) is 19.2 Å². The fourth-order valence-electron chi connectivity index (χ4n) is 0.946. The second-order valence-electron chi connectivity index (χ2n) is 2.54. The molecule has 0 fully saturated rings. The number of rotatable bonds is 3. The van der Waals surface area contributed by atoms with Gasteiger partial charge in [0.1, 0.15) is 10.2 Å². The van der Waals surface area contributed by atoms with Crippen LogP contribution in [0.3, 0.4) is 0 Å². The molecule has 0 N–H and O–H groups in total. The van der Waals surface area contributed by atoms with Crippen molar-refractivity contribution < 1.29 is 13.9 Å². The van der Waals surface area contributed by atoms with Crippen molar-refractivity contribution in [2.45, 2.75) is 11.9 Å². The number of hydrogen-bond donors (Lipinski definition) is 0. The van der Waals surface area contributed by atoms with Gasteiger partial charge >= 0.3 is 5.97 Å². The molecule has 0 saturated carbocycles. The highest BCUT2D eigenvalue weighted by atomic mass is 35.5. The minimum Gasteiger partial charge on any atom is -0.462 e. The van der Waals surface area contributed by atoms with Gasteiger partial charge in [-0.15, -0.1) is 11.8 Å². The van der Waals surface area contributed by atoms with Gasteiger partial charge in [0.25, 0.3) is 0 Å². The number of carbonyl (C=O) groups is 1. The summed E-state index contributed by atoms with van der Waals surface area (Å²) < 4.78 is 18.0. The molecule has 6 heteroatoms. The van der Waals surface area contributed by atoms with Gasteiger partial charge in [0, 0.05) is 0 Å². The monoisotopic (exact) mass is 249 g/mol. The van der Waals surface area contributed by atoms with E-state index in [4.69, 9.17) is 16.3 Å². The van der Waals surface area contributed by atoms with Crippen LogP contribution in [0.15, 0.2) is 11.1 Å². The number of hydrogen-bond acceptors (Lipinski definition) is 4. The van der Waals surface area contributed by atoms with Crippen molar-refractivity contribution in [2.24, 2.45) is 0 Å². The molecule has 0 aliphatic heterocycles. The zero-order valence-electron chi connectivity index (χ0n) is 8.21. The van der Waals surface area contributed by atoms with Gasteiger partial charge in [-0.1, -0.05) is 11.6 Å². The molecule has 15 heavy (non-hydrogen) atoms. The Balaban J connectivity index is 3.10. The number of thioether (sulfide) groups is 1. The summed E-state index contributed by atoms with van der Waals surface area (Å²) in [5.41, 5.74) is -0.0474. The first kappa shape index (κ1) is 12.3. The second kappa shape index (κ2) is 5.32. The molecule has 1 aromatic heterocycles. The molecule has 3 nitrogen and oxygen atoms in total. The van der Waals surface area contributed by atoms with Crippen molar-refractivity contribution in [1.82, 2.24) is 4.98 Å². The molecule has 1 aromatic rings. The Morgan fingerprint density at radius 3 is 2.93 bits per heavy atom. The number of carbonyl (C=O) groups excluding carboxylic acids is 1. The molecule has 0 amide bonds. The number of pyridine rings is 1. The number of halogens is 2. The summed E-state index contributed by atoms with van der Waals surface area (Å²) in [5, 5.41) is 0.118. The SMILES string of the molecule is CCOC(=O)c1cc(F)c(SC)nc1Cl. The third-order valence-electron chi connectivity index (χ3n) is 1.59. The van der Waals surface area contributed by atoms with E-state index in [0.29, 0.717) is 0 Å². The highest BCUT2D eigenvalue weighted by Gasteiger charge is 2.16. The predicted octanol–water partition coefficient (Wildman–Crippen LogP) is 2.77. The van der Waals surface area contributed by atoms with E-state index in [9.17, 15) is 9.18 Å². The Kier molecular flexibility index (Phi) is 4.35. The molecular weight excluding hydrogens is 241 g/mol. The molecule has 0 aliphatic carbocycles. The first-order chi connectivity index (χ1) is 7.10. The molecule has 0 aromatic carbocycles. The number of esters is 1. The molecule has 0 atom stereocenters. The van der Waals surface area contributed by atoms with E-state index in [1.807, 2.05) is 0 Å². The first-order valence-corrected chi connectivity index (χ1v) is 5.77. The van der Waals surface area contributed by atoms with Crippen LogP contribution in [0.5, 0.6) is 0 Å². The van der Waals surface area contributed by atoms with Crippen molar-refractivity contribution in [3.8, 4) is 0 Å². The lowest BCUT2D eigenvalue weighted by Crippen LogP contribution is -2.07. The Bertz CT molecular complexity index is 387. The van der Waals surface area contributed by atoms with Crippen LogP contribution in [-0.4, -0.2) is 23.8 Å². The summed E-state index contributed by atoms with van der Waals surface area (Å²) in [7, 11) is 0. The van der Waals surface area contributed by atoms with E-state index in [2.05, 4.69) is 4.98 Å². The normalized spacial score (nSPS) is 10.1. The van der Waals surface area contributed by atoms with Crippen molar-refractivity contribution in [3.63, 3.8) is 0 Å². The minimum atomic E-state index is -0.665. The van der Waals surface area contributed by atoms with Gasteiger partial charge in [0.05, 0.1) is 12.2 Å². The van der Waals surface area contributed by atoms with Gasteiger partial charge in [-0.3, -0.25) is 0 Å². The molecule has 1 heterocycles. The lowest BCUT2D eigenvalue weighted by atomic mass is 10.3. The maximum atomic E-state index is 13.3. The van der Waals surface area contributed by atoms with Crippen molar-refractivity contribution in [3.05, 3.63) is 22.6 Å². The zero-order chi connectivity index (χ0) is 11.4. The van der Waals surface area contributed by atoms with Crippen LogP contribution in [0, 0.1) is 5.82 Å². The maximum absolute atomic E-state index is 13.3. The van der Waals surface area contributed by atoms with Gasteiger partial charge in [0.15, 0.2) is 5.82 Å². The Labute approximate surface area is 96.0 Å². The molecular formula is C9H9ClFNO2S. The quantitative estimate of drug-likeness (QED) is 0.469. The minimum absolute atomic E-state index is 0.0424. The number of ether oxygens (including phenoxy) is 1. The summed E-state index contributed by atoms with van der Waals surface area (Å²) in [6, 6.07) is 1.04. The highest BCUT2D eigenvalue weighted by molar-refractivity contribution is 7.98. The highest BCUT2D eigenvalue weighted by Crippen LogP contribution is 2.23. The third kappa shape index (κ3) is 2.82. The largest absolute Gasteiger partial charge is 0.462 e. The summed E-state index contributed by atoms with van der Waals surface area (Å²) in [6.45, 7) is 1.87. The van der Waals surface area contributed by atoms with E-state index >= 15 is 0 Å². The second-order valence-corrected chi connectivity index (χ2v) is 3.69. The van der Waals surface area contributed by atoms with Crippen LogP contribution >= 0.6 is 23.4 Å². The van der Waals surface area contributed by atoms with E-state index in [1.165, 1.54) is 0 Å². The van der Waals surface area contributed by atoms with Crippen LogP contribution in [0.25, 0.3) is 0 Å². The van der Waals surface area contributed by atoms with Crippen LogP contribution in [0.2, 0.25) is 5.15 Å². The summed E-state index contributed by atoms with van der Waals surface area (Å²) in [4.78, 5) is 15.0. The Morgan fingerprint density at radius 2 is 2.40 bits per heavy atom. The average molecular weight is 250 g/mol. The maximum Gasteiger partial charge on any atom is 0.341 e. The van der Waals surface area contributed by atoms with Crippen molar-refractivity contribution in [2.75, 3.05) is 12.9 Å². The molecule has 1 rings (SSSR count). The number of aromatic nitrogens is 1. The van der Waals surface area contributed by atoms with Crippen LogP contribution in [0.1, 0.15) is 17.3 Å². The smallest absolute Gasteiger partial charge is 0.341 e. The van der Waals surface area contributed by atoms with Gasteiger partial charge in [-0.2, -0.15) is 0 Å². The third-order valence-corrected chi connectivity index (χ3v) is 2.55. The van der Waals surface area contributed by atoms with E-state index in [-0.39, 0.29) is 22.3 Å². The van der Waals surface area contributed by atoms with Gasteiger partial charge in [0.2, 0.25) is 0 Å². The Hall–Kier alpha value is -0.810. The zero-order valence-corrected chi connectivity index (χ0v) is 9.78. The summed E-state index contributed by atoms with van der Waals surface area (Å²) in [5.74, 6) is -1.24. The van der Waals surface area contributed by atoms with E-state index in [1.54, 1.807) is 13.2 Å².